The van der Waals surface area contributed by atoms with Gasteiger partial charge in [-0.25, -0.2) is 0 Å². The van der Waals surface area contributed by atoms with Gasteiger partial charge in [-0.3, -0.25) is 0 Å². The second-order valence-corrected chi connectivity index (χ2v) is 10.0. The molecule has 4 rings (SSSR count). The summed E-state index contributed by atoms with van der Waals surface area (Å²) >= 11 is 0. The highest BCUT2D eigenvalue weighted by Crippen LogP contribution is 2.41. The monoisotopic (exact) mass is 481 g/mol. The minimum absolute atomic E-state index is 0.189. The molecule has 0 aromatic carbocycles. The molecule has 10 N–H and O–H groups in total. The van der Waals surface area contributed by atoms with E-state index >= 15 is 0 Å². The van der Waals surface area contributed by atoms with Crippen LogP contribution in [0.5, 0.6) is 0 Å². The molecule has 33 heavy (non-hydrogen) atoms. The third-order valence-corrected chi connectivity index (χ3v) is 7.80. The van der Waals surface area contributed by atoms with E-state index in [4.69, 9.17) is 14.2 Å². The Labute approximate surface area is 191 Å². The first-order chi connectivity index (χ1) is 15.6. The summed E-state index contributed by atoms with van der Waals surface area (Å²) in [7, 11) is 0. The van der Waals surface area contributed by atoms with Gasteiger partial charge in [0.2, 0.25) is 0 Å². The molecular weight excluding hydrogens is 444 g/mol. The maximum Gasteiger partial charge on any atom is 0.186 e. The Morgan fingerprint density at radius 1 is 0.697 bits per heavy atom. The molecule has 0 aromatic heterocycles. The Kier molecular flexibility index (Phi) is 7.95. The molecule has 2 aliphatic heterocycles. The molecule has 2 saturated carbocycles. The van der Waals surface area contributed by atoms with E-state index in [9.17, 15) is 46.0 Å². The predicted molar refractivity (Wildman–Crippen MR) is 109 cm³/mol. The van der Waals surface area contributed by atoms with Crippen molar-refractivity contribution in [2.45, 2.75) is 112 Å². The molecule has 4 aliphatic rings. The number of aliphatic hydroxyl groups is 11. The zero-order valence-corrected chi connectivity index (χ0v) is 18.2. The molecule has 0 bridgehead atoms. The normalized spacial score (nSPS) is 55.7. The lowest BCUT2D eigenvalue weighted by Crippen LogP contribution is -2.61. The number of fused-ring (bicyclic) bond motifs is 1. The van der Waals surface area contributed by atoms with Crippen LogP contribution in [0.2, 0.25) is 0 Å². The fourth-order valence-electron chi connectivity index (χ4n) is 5.91. The molecule has 13 atom stereocenters. The van der Waals surface area contributed by atoms with Crippen molar-refractivity contribution < 1.29 is 60.2 Å². The zero-order valence-electron chi connectivity index (χ0n) is 18.2. The first-order valence-electron chi connectivity index (χ1n) is 11.7. The smallest absolute Gasteiger partial charge is 0.186 e. The molecule has 0 aromatic rings. The average molecular weight is 482 g/mol. The van der Waals surface area contributed by atoms with Crippen LogP contribution >= 0.6 is 0 Å². The molecule has 0 radical (unpaired) electrons. The SMILES string of the molecule is OCC1OC(OC2CC(O)C3CC(O)C(C4CC(O)C(O)C(O)C4)[OH+]C3C2)C(O)C(O)C1O. The van der Waals surface area contributed by atoms with Gasteiger partial charge in [0, 0.05) is 18.8 Å². The molecule has 4 fully saturated rings. The third-order valence-electron chi connectivity index (χ3n) is 7.80. The van der Waals surface area contributed by atoms with Crippen LogP contribution in [0.25, 0.3) is 0 Å². The number of aliphatic hydroxyl groups excluding tert-OH is 9. The van der Waals surface area contributed by atoms with E-state index in [1.165, 1.54) is 0 Å². The fraction of sp³-hybridized carbons (Fsp3) is 1.00. The summed E-state index contributed by atoms with van der Waals surface area (Å²) in [5, 5.41) is 90.8. The quantitative estimate of drug-likeness (QED) is 0.174. The summed E-state index contributed by atoms with van der Waals surface area (Å²) in [6.07, 6.45) is -12.6. The Bertz CT molecular complexity index is 639. The summed E-state index contributed by atoms with van der Waals surface area (Å²) in [5.41, 5.74) is 0. The Hall–Kier alpha value is -0.480. The van der Waals surface area contributed by atoms with E-state index in [1.807, 2.05) is 0 Å². The Morgan fingerprint density at radius 3 is 2.00 bits per heavy atom. The van der Waals surface area contributed by atoms with Gasteiger partial charge >= 0.3 is 0 Å². The molecule has 0 amide bonds. The summed E-state index contributed by atoms with van der Waals surface area (Å²) in [4.78, 5) is 0. The standard InChI is InChI=1S/C21H36O12/c22-6-15-17(28)18(29)19(30)21(33-15)31-8-3-10(23)9-5-13(26)20(32-14(9)4-8)7-1-11(24)16(27)12(25)2-7/h7-30H,1-6H2/p+1. The van der Waals surface area contributed by atoms with Crippen molar-refractivity contribution in [2.75, 3.05) is 6.61 Å². The number of hydrogen-bond donors (Lipinski definition) is 9. The fourth-order valence-corrected chi connectivity index (χ4v) is 5.91. The van der Waals surface area contributed by atoms with Crippen LogP contribution in [0.15, 0.2) is 0 Å². The van der Waals surface area contributed by atoms with E-state index in [-0.39, 0.29) is 37.5 Å². The van der Waals surface area contributed by atoms with Crippen molar-refractivity contribution in [3.05, 3.63) is 0 Å². The molecule has 12 heteroatoms. The largest absolute Gasteiger partial charge is 0.427 e. The Morgan fingerprint density at radius 2 is 1.36 bits per heavy atom. The number of ether oxygens (including phenoxy) is 3. The molecular formula is C21H37O12+. The first kappa shape index (κ1) is 25.6. The highest BCUT2D eigenvalue weighted by Gasteiger charge is 2.54. The molecule has 12 nitrogen and oxygen atoms in total. The molecule has 13 unspecified atom stereocenters. The maximum atomic E-state index is 10.7. The van der Waals surface area contributed by atoms with E-state index in [0.717, 1.165) is 0 Å². The summed E-state index contributed by atoms with van der Waals surface area (Å²) in [5.74, 6) is -0.645. The number of rotatable bonds is 4. The van der Waals surface area contributed by atoms with Crippen LogP contribution in [0.4, 0.5) is 0 Å². The van der Waals surface area contributed by atoms with Crippen LogP contribution in [-0.4, -0.2) is 137 Å². The van der Waals surface area contributed by atoms with Gasteiger partial charge in [0.05, 0.1) is 36.9 Å². The zero-order chi connectivity index (χ0) is 24.0. The van der Waals surface area contributed by atoms with Gasteiger partial charge in [0.15, 0.2) is 18.5 Å². The van der Waals surface area contributed by atoms with Crippen molar-refractivity contribution in [3.8, 4) is 0 Å². The van der Waals surface area contributed by atoms with Crippen molar-refractivity contribution in [3.63, 3.8) is 0 Å². The van der Waals surface area contributed by atoms with Gasteiger partial charge in [-0.1, -0.05) is 0 Å². The van der Waals surface area contributed by atoms with Gasteiger partial charge in [-0.15, -0.1) is 0 Å². The Balaban J connectivity index is 1.41. The van der Waals surface area contributed by atoms with Crippen molar-refractivity contribution in [1.29, 1.82) is 0 Å². The van der Waals surface area contributed by atoms with Gasteiger partial charge in [0.1, 0.15) is 36.6 Å². The van der Waals surface area contributed by atoms with Gasteiger partial charge < -0.3 is 60.2 Å². The van der Waals surface area contributed by atoms with Crippen LogP contribution in [0, 0.1) is 11.8 Å². The highest BCUT2D eigenvalue weighted by molar-refractivity contribution is 4.98. The van der Waals surface area contributed by atoms with Gasteiger partial charge in [0.25, 0.3) is 0 Å². The summed E-state index contributed by atoms with van der Waals surface area (Å²) < 4.78 is 16.0. The molecule has 2 aliphatic carbocycles. The molecule has 192 valence electrons. The summed E-state index contributed by atoms with van der Waals surface area (Å²) in [6.45, 7) is -0.578. The van der Waals surface area contributed by atoms with Crippen LogP contribution in [0.1, 0.15) is 32.1 Å². The lowest BCUT2D eigenvalue weighted by atomic mass is 9.72. The number of hydrogen-bond acceptors (Lipinski definition) is 11. The molecule has 0 spiro atoms. The van der Waals surface area contributed by atoms with Gasteiger partial charge in [-0.2, -0.15) is 0 Å². The highest BCUT2D eigenvalue weighted by atomic mass is 16.7. The predicted octanol–water partition coefficient (Wildman–Crippen LogP) is -4.54. The summed E-state index contributed by atoms with van der Waals surface area (Å²) in [6, 6.07) is 0. The van der Waals surface area contributed by atoms with E-state index in [1.54, 1.807) is 0 Å². The second-order valence-electron chi connectivity index (χ2n) is 10.0. The van der Waals surface area contributed by atoms with Crippen LogP contribution in [0.3, 0.4) is 0 Å². The lowest BCUT2D eigenvalue weighted by molar-refractivity contribution is -0.334. The van der Waals surface area contributed by atoms with E-state index in [0.29, 0.717) is 6.42 Å². The molecule has 2 heterocycles. The van der Waals surface area contributed by atoms with Crippen molar-refractivity contribution in [1.82, 2.24) is 0 Å². The second kappa shape index (κ2) is 10.2. The first-order valence-corrected chi connectivity index (χ1v) is 11.7. The van der Waals surface area contributed by atoms with Crippen molar-refractivity contribution in [2.24, 2.45) is 11.8 Å². The topological polar surface area (TPSA) is 213 Å². The maximum absolute atomic E-state index is 10.7. The van der Waals surface area contributed by atoms with E-state index in [2.05, 4.69) is 0 Å². The minimum atomic E-state index is -1.57. The average Bonchev–Trinajstić information content (AvgIpc) is 2.77. The lowest BCUT2D eigenvalue weighted by Gasteiger charge is -2.47. The third kappa shape index (κ3) is 5.08. The molecule has 2 saturated heterocycles. The minimum Gasteiger partial charge on any atom is -0.427 e. The van der Waals surface area contributed by atoms with E-state index < -0.39 is 86.1 Å². The van der Waals surface area contributed by atoms with Crippen molar-refractivity contribution >= 4 is 0 Å². The van der Waals surface area contributed by atoms with Gasteiger partial charge in [-0.05, 0) is 19.3 Å². The van der Waals surface area contributed by atoms with Crippen LogP contribution in [-0.2, 0) is 9.47 Å². The van der Waals surface area contributed by atoms with Crippen LogP contribution < -0.4 is 0 Å².